The molecular formula is C19H16N2O5S. The van der Waals surface area contributed by atoms with Gasteiger partial charge in [-0.3, -0.25) is 14.3 Å². The third-order valence-corrected chi connectivity index (χ3v) is 5.11. The zero-order chi connectivity index (χ0) is 19.4. The normalized spacial score (nSPS) is 11.0. The average Bonchev–Trinajstić information content (AvgIpc) is 3.17. The summed E-state index contributed by atoms with van der Waals surface area (Å²) in [5, 5.41) is 2.61. The molecule has 0 atom stereocenters. The monoisotopic (exact) mass is 384 g/mol. The Hall–Kier alpha value is -3.39. The Kier molecular flexibility index (Phi) is 5.09. The molecule has 3 aromatic rings. The molecular weight excluding hydrogens is 368 g/mol. The van der Waals surface area contributed by atoms with Crippen molar-refractivity contribution in [3.63, 3.8) is 0 Å². The number of hydrogen-bond donors (Lipinski definition) is 2. The highest BCUT2D eigenvalue weighted by Crippen LogP contribution is 2.19. The van der Waals surface area contributed by atoms with Crippen molar-refractivity contribution < 1.29 is 22.4 Å². The topological polar surface area (TPSA) is 105 Å². The van der Waals surface area contributed by atoms with E-state index in [9.17, 15) is 18.0 Å². The lowest BCUT2D eigenvalue weighted by atomic mass is 10.1. The molecule has 0 spiro atoms. The Morgan fingerprint density at radius 2 is 1.52 bits per heavy atom. The summed E-state index contributed by atoms with van der Waals surface area (Å²) in [7, 11) is -3.80. The third kappa shape index (κ3) is 4.42. The molecule has 0 aliphatic heterocycles. The van der Waals surface area contributed by atoms with E-state index in [2.05, 4.69) is 10.0 Å². The molecule has 0 radical (unpaired) electrons. The van der Waals surface area contributed by atoms with Crippen LogP contribution in [0.3, 0.4) is 0 Å². The predicted octanol–water partition coefficient (Wildman–Crippen LogP) is 3.54. The standard InChI is InChI=1S/C19H16N2O5S/c1-13(22)14-4-6-16(7-5-14)21-27(24,25)17-10-8-15(9-11-17)20-19(23)18-3-2-12-26-18/h2-12,21H,1H3,(H,20,23). The van der Waals surface area contributed by atoms with Crippen LogP contribution in [0.2, 0.25) is 0 Å². The zero-order valence-corrected chi connectivity index (χ0v) is 15.1. The fourth-order valence-electron chi connectivity index (χ4n) is 2.30. The summed E-state index contributed by atoms with van der Waals surface area (Å²) >= 11 is 0. The van der Waals surface area contributed by atoms with Crippen LogP contribution in [0.5, 0.6) is 0 Å². The van der Waals surface area contributed by atoms with Gasteiger partial charge in [-0.25, -0.2) is 8.42 Å². The smallest absolute Gasteiger partial charge is 0.291 e. The van der Waals surface area contributed by atoms with Crippen LogP contribution >= 0.6 is 0 Å². The van der Waals surface area contributed by atoms with Crippen LogP contribution in [-0.2, 0) is 10.0 Å². The van der Waals surface area contributed by atoms with E-state index in [0.717, 1.165) is 0 Å². The number of carbonyl (C=O) groups is 2. The molecule has 0 unspecified atom stereocenters. The molecule has 1 amide bonds. The number of furan rings is 1. The number of anilines is 2. The van der Waals surface area contributed by atoms with Gasteiger partial charge in [0.05, 0.1) is 11.2 Å². The van der Waals surface area contributed by atoms with Crippen molar-refractivity contribution in [1.29, 1.82) is 0 Å². The summed E-state index contributed by atoms with van der Waals surface area (Å²) in [6, 6.07) is 15.0. The molecule has 0 saturated carbocycles. The van der Waals surface area contributed by atoms with E-state index in [0.29, 0.717) is 16.9 Å². The zero-order valence-electron chi connectivity index (χ0n) is 14.3. The number of rotatable bonds is 6. The van der Waals surface area contributed by atoms with E-state index in [1.54, 1.807) is 18.2 Å². The van der Waals surface area contributed by atoms with Crippen LogP contribution in [-0.4, -0.2) is 20.1 Å². The Morgan fingerprint density at radius 1 is 0.889 bits per heavy atom. The lowest BCUT2D eigenvalue weighted by Gasteiger charge is -2.09. The first-order valence-electron chi connectivity index (χ1n) is 7.94. The maximum Gasteiger partial charge on any atom is 0.291 e. The van der Waals surface area contributed by atoms with Crippen molar-refractivity contribution in [2.24, 2.45) is 0 Å². The lowest BCUT2D eigenvalue weighted by molar-refractivity contribution is 0.0993. The number of hydrogen-bond acceptors (Lipinski definition) is 5. The van der Waals surface area contributed by atoms with Gasteiger partial charge in [0.15, 0.2) is 11.5 Å². The number of carbonyl (C=O) groups excluding carboxylic acids is 2. The first-order valence-corrected chi connectivity index (χ1v) is 9.42. The lowest BCUT2D eigenvalue weighted by Crippen LogP contribution is -2.14. The van der Waals surface area contributed by atoms with Crippen LogP contribution in [0, 0.1) is 0 Å². The SMILES string of the molecule is CC(=O)c1ccc(NS(=O)(=O)c2ccc(NC(=O)c3ccco3)cc2)cc1. The molecule has 0 saturated heterocycles. The number of ketones is 1. The summed E-state index contributed by atoms with van der Waals surface area (Å²) in [5.41, 5.74) is 1.27. The first-order chi connectivity index (χ1) is 12.8. The molecule has 0 aliphatic carbocycles. The minimum absolute atomic E-state index is 0.0362. The van der Waals surface area contributed by atoms with Gasteiger partial charge in [-0.1, -0.05) is 0 Å². The van der Waals surface area contributed by atoms with Crippen LogP contribution in [0.1, 0.15) is 27.8 Å². The Morgan fingerprint density at radius 3 is 2.07 bits per heavy atom. The molecule has 7 nitrogen and oxygen atoms in total. The fraction of sp³-hybridized carbons (Fsp3) is 0.0526. The summed E-state index contributed by atoms with van der Waals surface area (Å²) in [6.07, 6.45) is 1.39. The Bertz CT molecular complexity index is 1050. The Balaban J connectivity index is 1.71. The van der Waals surface area contributed by atoms with E-state index in [1.165, 1.54) is 55.7 Å². The van der Waals surface area contributed by atoms with Crippen molar-refractivity contribution in [1.82, 2.24) is 0 Å². The average molecular weight is 384 g/mol. The number of Topliss-reactive ketones (excluding diaryl/α,β-unsaturated/α-hetero) is 1. The second-order valence-electron chi connectivity index (χ2n) is 5.69. The molecule has 1 heterocycles. The number of nitrogens with one attached hydrogen (secondary N) is 2. The first kappa shape index (κ1) is 18.4. The quantitative estimate of drug-likeness (QED) is 0.633. The molecule has 2 aromatic carbocycles. The second kappa shape index (κ2) is 7.46. The van der Waals surface area contributed by atoms with E-state index >= 15 is 0 Å². The van der Waals surface area contributed by atoms with Gasteiger partial charge in [0, 0.05) is 16.9 Å². The maximum atomic E-state index is 12.5. The van der Waals surface area contributed by atoms with Gasteiger partial charge in [0.25, 0.3) is 15.9 Å². The minimum Gasteiger partial charge on any atom is -0.459 e. The van der Waals surface area contributed by atoms with Crippen LogP contribution in [0.4, 0.5) is 11.4 Å². The fourth-order valence-corrected chi connectivity index (χ4v) is 3.36. The van der Waals surface area contributed by atoms with Crippen molar-refractivity contribution in [3.8, 4) is 0 Å². The second-order valence-corrected chi connectivity index (χ2v) is 7.38. The van der Waals surface area contributed by atoms with Gasteiger partial charge in [-0.2, -0.15) is 0 Å². The highest BCUT2D eigenvalue weighted by molar-refractivity contribution is 7.92. The molecule has 8 heteroatoms. The van der Waals surface area contributed by atoms with E-state index in [1.807, 2.05) is 0 Å². The molecule has 2 N–H and O–H groups in total. The summed E-state index contributed by atoms with van der Waals surface area (Å²) in [5.74, 6) is -0.377. The van der Waals surface area contributed by atoms with E-state index in [4.69, 9.17) is 4.42 Å². The number of sulfonamides is 1. The molecule has 0 aliphatic rings. The van der Waals surface area contributed by atoms with Crippen molar-refractivity contribution in [2.75, 3.05) is 10.0 Å². The molecule has 27 heavy (non-hydrogen) atoms. The van der Waals surface area contributed by atoms with Crippen LogP contribution in [0.25, 0.3) is 0 Å². The highest BCUT2D eigenvalue weighted by atomic mass is 32.2. The summed E-state index contributed by atoms with van der Waals surface area (Å²) in [4.78, 5) is 23.2. The molecule has 0 fully saturated rings. The molecule has 0 bridgehead atoms. The molecule has 138 valence electrons. The number of amides is 1. The van der Waals surface area contributed by atoms with Crippen LogP contribution < -0.4 is 10.0 Å². The number of benzene rings is 2. The van der Waals surface area contributed by atoms with Gasteiger partial charge in [-0.15, -0.1) is 0 Å². The van der Waals surface area contributed by atoms with E-state index in [-0.39, 0.29) is 16.4 Å². The molecule has 1 aromatic heterocycles. The van der Waals surface area contributed by atoms with Crippen molar-refractivity contribution >= 4 is 33.1 Å². The van der Waals surface area contributed by atoms with Crippen LogP contribution in [0.15, 0.2) is 76.2 Å². The van der Waals surface area contributed by atoms with Gasteiger partial charge < -0.3 is 9.73 Å². The van der Waals surface area contributed by atoms with Crippen molar-refractivity contribution in [3.05, 3.63) is 78.3 Å². The maximum absolute atomic E-state index is 12.5. The third-order valence-electron chi connectivity index (χ3n) is 3.71. The summed E-state index contributed by atoms with van der Waals surface area (Å²) < 4.78 is 32.4. The van der Waals surface area contributed by atoms with Crippen molar-refractivity contribution in [2.45, 2.75) is 11.8 Å². The van der Waals surface area contributed by atoms with Gasteiger partial charge in [-0.05, 0) is 67.6 Å². The molecule has 3 rings (SSSR count). The van der Waals surface area contributed by atoms with Gasteiger partial charge in [0.1, 0.15) is 0 Å². The summed E-state index contributed by atoms with van der Waals surface area (Å²) in [6.45, 7) is 1.44. The van der Waals surface area contributed by atoms with Gasteiger partial charge >= 0.3 is 0 Å². The highest BCUT2D eigenvalue weighted by Gasteiger charge is 2.15. The van der Waals surface area contributed by atoms with Gasteiger partial charge in [0.2, 0.25) is 0 Å². The minimum atomic E-state index is -3.80. The van der Waals surface area contributed by atoms with E-state index < -0.39 is 15.9 Å². The Labute approximate surface area is 156 Å². The predicted molar refractivity (Wildman–Crippen MR) is 100 cm³/mol. The largest absolute Gasteiger partial charge is 0.459 e.